The van der Waals surface area contributed by atoms with Gasteiger partial charge in [0.1, 0.15) is 0 Å². The molecule has 1 aliphatic heterocycles. The summed E-state index contributed by atoms with van der Waals surface area (Å²) in [4.78, 5) is 6.40. The van der Waals surface area contributed by atoms with Gasteiger partial charge in [-0.1, -0.05) is 13.8 Å². The van der Waals surface area contributed by atoms with E-state index in [1.807, 2.05) is 0 Å². The number of aromatic nitrogens is 1. The molecule has 1 saturated heterocycles. The van der Waals surface area contributed by atoms with Crippen LogP contribution in [0.4, 0.5) is 10.2 Å². The molecule has 2 unspecified atom stereocenters. The molecule has 2 aliphatic rings. The van der Waals surface area contributed by atoms with E-state index in [-0.39, 0.29) is 5.82 Å². The van der Waals surface area contributed by atoms with Crippen molar-refractivity contribution in [2.45, 2.75) is 45.7 Å². The molecule has 20 heavy (non-hydrogen) atoms. The molecule has 1 aromatic rings. The number of piperidine rings is 1. The van der Waals surface area contributed by atoms with Gasteiger partial charge >= 0.3 is 0 Å². The van der Waals surface area contributed by atoms with Crippen LogP contribution in [-0.2, 0) is 6.54 Å². The van der Waals surface area contributed by atoms with Crippen LogP contribution in [0, 0.1) is 17.7 Å². The minimum atomic E-state index is -0.137. The summed E-state index contributed by atoms with van der Waals surface area (Å²) >= 11 is 0. The molecule has 0 spiro atoms. The molecule has 0 amide bonds. The minimum absolute atomic E-state index is 0.137. The summed E-state index contributed by atoms with van der Waals surface area (Å²) < 4.78 is 14.6. The van der Waals surface area contributed by atoms with Crippen LogP contribution in [0.25, 0.3) is 0 Å². The zero-order valence-electron chi connectivity index (χ0n) is 12.4. The lowest BCUT2D eigenvalue weighted by atomic mass is 9.88. The highest BCUT2D eigenvalue weighted by atomic mass is 19.1. The molecule has 4 heteroatoms. The maximum atomic E-state index is 14.6. The van der Waals surface area contributed by atoms with Gasteiger partial charge in [0.05, 0.1) is 0 Å². The summed E-state index contributed by atoms with van der Waals surface area (Å²) in [6.07, 6.45) is 5.31. The van der Waals surface area contributed by atoms with E-state index in [0.717, 1.165) is 25.1 Å². The van der Waals surface area contributed by atoms with Crippen LogP contribution in [0.5, 0.6) is 0 Å². The first-order valence-corrected chi connectivity index (χ1v) is 7.77. The van der Waals surface area contributed by atoms with Crippen LogP contribution in [0.1, 0.15) is 38.7 Å². The van der Waals surface area contributed by atoms with E-state index < -0.39 is 0 Å². The number of rotatable bonds is 4. The summed E-state index contributed by atoms with van der Waals surface area (Å²) in [5.41, 5.74) is 0.744. The Morgan fingerprint density at radius 1 is 1.30 bits per heavy atom. The zero-order valence-corrected chi connectivity index (χ0v) is 12.4. The Bertz CT molecular complexity index is 473. The highest BCUT2D eigenvalue weighted by Crippen LogP contribution is 2.28. The fraction of sp³-hybridized carbons (Fsp3) is 0.688. The van der Waals surface area contributed by atoms with Gasteiger partial charge in [-0.25, -0.2) is 9.37 Å². The summed E-state index contributed by atoms with van der Waals surface area (Å²) in [6, 6.07) is 2.39. The summed E-state index contributed by atoms with van der Waals surface area (Å²) in [5.74, 6) is 1.72. The van der Waals surface area contributed by atoms with Gasteiger partial charge in [-0.15, -0.1) is 0 Å². The molecule has 1 N–H and O–H groups in total. The van der Waals surface area contributed by atoms with Gasteiger partial charge < -0.3 is 10.2 Å². The third-order valence-electron chi connectivity index (χ3n) is 4.74. The Morgan fingerprint density at radius 3 is 2.80 bits per heavy atom. The Morgan fingerprint density at radius 2 is 2.10 bits per heavy atom. The van der Waals surface area contributed by atoms with Crippen molar-refractivity contribution < 1.29 is 4.39 Å². The lowest BCUT2D eigenvalue weighted by Gasteiger charge is -2.36. The number of halogens is 1. The van der Waals surface area contributed by atoms with Crippen LogP contribution in [0.2, 0.25) is 0 Å². The van der Waals surface area contributed by atoms with Crippen LogP contribution in [0.15, 0.2) is 12.3 Å². The van der Waals surface area contributed by atoms with E-state index in [1.165, 1.54) is 12.8 Å². The van der Waals surface area contributed by atoms with Crippen molar-refractivity contribution in [3.63, 3.8) is 0 Å². The van der Waals surface area contributed by atoms with Gasteiger partial charge in [0.25, 0.3) is 0 Å². The number of anilines is 1. The van der Waals surface area contributed by atoms with Crippen molar-refractivity contribution in [3.8, 4) is 0 Å². The van der Waals surface area contributed by atoms with Crippen molar-refractivity contribution >= 4 is 5.82 Å². The molecule has 1 saturated carbocycles. The highest BCUT2D eigenvalue weighted by molar-refractivity contribution is 5.43. The topological polar surface area (TPSA) is 28.2 Å². The van der Waals surface area contributed by atoms with Gasteiger partial charge in [-0.2, -0.15) is 0 Å². The van der Waals surface area contributed by atoms with Crippen molar-refractivity contribution in [1.82, 2.24) is 10.3 Å². The van der Waals surface area contributed by atoms with Gasteiger partial charge in [0.15, 0.2) is 11.6 Å². The normalized spacial score (nSPS) is 26.9. The van der Waals surface area contributed by atoms with Crippen molar-refractivity contribution in [2.75, 3.05) is 18.0 Å². The second-order valence-electron chi connectivity index (χ2n) is 6.45. The van der Waals surface area contributed by atoms with Crippen LogP contribution in [0.3, 0.4) is 0 Å². The molecular formula is C16H24FN3. The van der Waals surface area contributed by atoms with E-state index in [4.69, 9.17) is 0 Å². The minimum Gasteiger partial charge on any atom is -0.354 e. The van der Waals surface area contributed by atoms with E-state index in [1.54, 1.807) is 12.3 Å². The molecule has 2 heterocycles. The fourth-order valence-corrected chi connectivity index (χ4v) is 2.83. The largest absolute Gasteiger partial charge is 0.354 e. The maximum Gasteiger partial charge on any atom is 0.170 e. The van der Waals surface area contributed by atoms with Gasteiger partial charge in [-0.3, -0.25) is 0 Å². The fourth-order valence-electron chi connectivity index (χ4n) is 2.83. The first-order chi connectivity index (χ1) is 9.65. The molecule has 2 fully saturated rings. The monoisotopic (exact) mass is 277 g/mol. The number of nitrogens with one attached hydrogen (secondary N) is 1. The third-order valence-corrected chi connectivity index (χ3v) is 4.74. The highest BCUT2D eigenvalue weighted by Gasteiger charge is 2.26. The SMILES string of the molecule is CC1CCN(c2nccc(CNC3CC3)c2F)CC1C. The molecule has 0 radical (unpaired) electrons. The molecule has 2 atom stereocenters. The van der Waals surface area contributed by atoms with Crippen molar-refractivity contribution in [1.29, 1.82) is 0 Å². The molecule has 1 aromatic heterocycles. The van der Waals surface area contributed by atoms with Gasteiger partial charge in [0, 0.05) is 37.4 Å². The molecular weight excluding hydrogens is 253 g/mol. The quantitative estimate of drug-likeness (QED) is 0.917. The number of hydrogen-bond donors (Lipinski definition) is 1. The summed E-state index contributed by atoms with van der Waals surface area (Å²) in [6.45, 7) is 6.96. The predicted molar refractivity (Wildman–Crippen MR) is 79.2 cm³/mol. The molecule has 1 aliphatic carbocycles. The number of hydrogen-bond acceptors (Lipinski definition) is 3. The lowest BCUT2D eigenvalue weighted by molar-refractivity contribution is 0.321. The van der Waals surface area contributed by atoms with Gasteiger partial charge in [-0.05, 0) is 37.2 Å². The summed E-state index contributed by atoms with van der Waals surface area (Å²) in [5, 5.41) is 3.37. The number of pyridine rings is 1. The Kier molecular flexibility index (Phi) is 3.92. The Balaban J connectivity index is 1.73. The van der Waals surface area contributed by atoms with Crippen molar-refractivity contribution in [3.05, 3.63) is 23.6 Å². The molecule has 3 nitrogen and oxygen atoms in total. The standard InChI is InChI=1S/C16H24FN3/c1-11-6-8-20(10-12(11)2)16-15(17)13(5-7-18-16)9-19-14-3-4-14/h5,7,11-12,14,19H,3-4,6,8-10H2,1-2H3. The van der Waals surface area contributed by atoms with Gasteiger partial charge in [0.2, 0.25) is 0 Å². The molecule has 3 rings (SSSR count). The second-order valence-corrected chi connectivity index (χ2v) is 6.45. The first-order valence-electron chi connectivity index (χ1n) is 7.77. The maximum absolute atomic E-state index is 14.6. The molecule has 110 valence electrons. The average molecular weight is 277 g/mol. The second kappa shape index (κ2) is 5.68. The van der Waals surface area contributed by atoms with E-state index in [2.05, 4.69) is 29.0 Å². The van der Waals surface area contributed by atoms with E-state index in [0.29, 0.717) is 30.2 Å². The average Bonchev–Trinajstić information content (AvgIpc) is 3.25. The van der Waals surface area contributed by atoms with E-state index >= 15 is 0 Å². The Labute approximate surface area is 120 Å². The molecule has 0 bridgehead atoms. The van der Waals surface area contributed by atoms with Crippen LogP contribution < -0.4 is 10.2 Å². The van der Waals surface area contributed by atoms with Crippen LogP contribution in [-0.4, -0.2) is 24.1 Å². The van der Waals surface area contributed by atoms with E-state index in [9.17, 15) is 4.39 Å². The zero-order chi connectivity index (χ0) is 14.1. The predicted octanol–water partition coefficient (Wildman–Crippen LogP) is 2.96. The third kappa shape index (κ3) is 2.95. The lowest BCUT2D eigenvalue weighted by Crippen LogP contribution is -2.39. The molecule has 0 aromatic carbocycles. The number of nitrogens with zero attached hydrogens (tertiary/aromatic N) is 2. The van der Waals surface area contributed by atoms with Crippen molar-refractivity contribution in [2.24, 2.45) is 11.8 Å². The smallest absolute Gasteiger partial charge is 0.170 e. The summed E-state index contributed by atoms with van der Waals surface area (Å²) in [7, 11) is 0. The Hall–Kier alpha value is -1.16. The van der Waals surface area contributed by atoms with Crippen LogP contribution >= 0.6 is 0 Å². The first kappa shape index (κ1) is 13.8.